The van der Waals surface area contributed by atoms with Crippen molar-refractivity contribution in [1.29, 1.82) is 0 Å². The third kappa shape index (κ3) is 4.14. The number of aromatic nitrogens is 2. The first-order valence-electron chi connectivity index (χ1n) is 6.85. The Morgan fingerprint density at radius 1 is 1.43 bits per heavy atom. The zero-order chi connectivity index (χ0) is 15.1. The van der Waals surface area contributed by atoms with Gasteiger partial charge >= 0.3 is 0 Å². The molecule has 1 aromatic heterocycles. The minimum atomic E-state index is -0.148. The van der Waals surface area contributed by atoms with E-state index in [-0.39, 0.29) is 5.91 Å². The first-order chi connectivity index (χ1) is 10.2. The van der Waals surface area contributed by atoms with Crippen molar-refractivity contribution < 1.29 is 9.53 Å². The number of hydrogen-bond acceptors (Lipinski definition) is 4. The number of nitrogens with zero attached hydrogens (tertiary/aromatic N) is 2. The van der Waals surface area contributed by atoms with Crippen molar-refractivity contribution in [2.75, 3.05) is 25.6 Å². The quantitative estimate of drug-likeness (QED) is 0.804. The molecule has 0 bridgehead atoms. The molecule has 3 N–H and O–H groups in total. The smallest absolute Gasteiger partial charge is 0.256 e. The second-order valence-electron chi connectivity index (χ2n) is 4.63. The largest absolute Gasteiger partial charge is 0.383 e. The molecule has 6 heteroatoms. The van der Waals surface area contributed by atoms with Gasteiger partial charge in [0.15, 0.2) is 0 Å². The average Bonchev–Trinajstić information content (AvgIpc) is 2.93. The molecule has 0 aliphatic carbocycles. The van der Waals surface area contributed by atoms with Crippen molar-refractivity contribution in [1.82, 2.24) is 9.78 Å². The Hall–Kier alpha value is -2.18. The zero-order valence-corrected chi connectivity index (χ0v) is 12.1. The fourth-order valence-corrected chi connectivity index (χ4v) is 2.05. The van der Waals surface area contributed by atoms with Gasteiger partial charge in [-0.3, -0.25) is 9.48 Å². The Bertz CT molecular complexity index is 595. The van der Waals surface area contributed by atoms with E-state index in [4.69, 9.17) is 10.5 Å². The van der Waals surface area contributed by atoms with Gasteiger partial charge in [-0.1, -0.05) is 18.2 Å². The molecular weight excluding hydrogens is 268 g/mol. The summed E-state index contributed by atoms with van der Waals surface area (Å²) in [5.41, 5.74) is 7.83. The van der Waals surface area contributed by atoms with Crippen LogP contribution in [-0.4, -0.2) is 35.9 Å². The molecule has 0 aliphatic heterocycles. The van der Waals surface area contributed by atoms with Gasteiger partial charge in [0.25, 0.3) is 5.91 Å². The first kappa shape index (κ1) is 15.2. The first-order valence-corrected chi connectivity index (χ1v) is 6.85. The van der Waals surface area contributed by atoms with E-state index in [0.29, 0.717) is 37.4 Å². The number of carbonyl (C=O) groups is 1. The van der Waals surface area contributed by atoms with Gasteiger partial charge in [-0.2, -0.15) is 5.10 Å². The third-order valence-electron chi connectivity index (χ3n) is 3.09. The maximum absolute atomic E-state index is 12.3. The van der Waals surface area contributed by atoms with Gasteiger partial charge in [-0.05, 0) is 24.6 Å². The van der Waals surface area contributed by atoms with E-state index in [9.17, 15) is 4.79 Å². The molecule has 0 aliphatic rings. The predicted octanol–water partition coefficient (Wildman–Crippen LogP) is 1.28. The van der Waals surface area contributed by atoms with E-state index in [0.717, 1.165) is 5.56 Å². The van der Waals surface area contributed by atoms with Gasteiger partial charge in [0.1, 0.15) is 0 Å². The Morgan fingerprint density at radius 2 is 2.24 bits per heavy atom. The molecule has 0 unspecified atom stereocenters. The second kappa shape index (κ2) is 7.56. The van der Waals surface area contributed by atoms with Crippen molar-refractivity contribution in [2.45, 2.75) is 13.0 Å². The lowest BCUT2D eigenvalue weighted by Crippen LogP contribution is -2.15. The van der Waals surface area contributed by atoms with Gasteiger partial charge in [-0.15, -0.1) is 0 Å². The number of carbonyl (C=O) groups excluding carboxylic acids is 1. The monoisotopic (exact) mass is 288 g/mol. The molecule has 1 amide bonds. The van der Waals surface area contributed by atoms with E-state index in [2.05, 4.69) is 10.4 Å². The van der Waals surface area contributed by atoms with Crippen LogP contribution in [0.4, 0.5) is 5.69 Å². The van der Waals surface area contributed by atoms with Crippen molar-refractivity contribution in [3.8, 4) is 0 Å². The lowest BCUT2D eigenvalue weighted by atomic mass is 10.0. The van der Waals surface area contributed by atoms with Gasteiger partial charge in [-0.25, -0.2) is 0 Å². The van der Waals surface area contributed by atoms with Crippen LogP contribution in [0.3, 0.4) is 0 Å². The van der Waals surface area contributed by atoms with Crippen LogP contribution in [0.25, 0.3) is 0 Å². The van der Waals surface area contributed by atoms with E-state index >= 15 is 0 Å². The lowest BCUT2D eigenvalue weighted by molar-refractivity contribution is 0.102. The highest BCUT2D eigenvalue weighted by atomic mass is 16.5. The standard InChI is InChI=1S/C15H20N4O2/c1-21-9-8-19-11-13(10-17-19)18-15(20)14-5-3-2-4-12(14)6-7-16/h2-5,10-11H,6-9,16H2,1H3,(H,18,20). The Morgan fingerprint density at radius 3 is 3.00 bits per heavy atom. The van der Waals surface area contributed by atoms with Gasteiger partial charge in [0.2, 0.25) is 0 Å². The Kier molecular flexibility index (Phi) is 5.48. The van der Waals surface area contributed by atoms with Crippen LogP contribution in [-0.2, 0) is 17.7 Å². The highest BCUT2D eigenvalue weighted by Gasteiger charge is 2.11. The zero-order valence-electron chi connectivity index (χ0n) is 12.1. The molecular formula is C15H20N4O2. The minimum Gasteiger partial charge on any atom is -0.383 e. The molecule has 0 fully saturated rings. The van der Waals surface area contributed by atoms with Crippen LogP contribution in [0.1, 0.15) is 15.9 Å². The highest BCUT2D eigenvalue weighted by Crippen LogP contribution is 2.13. The molecule has 0 saturated heterocycles. The van der Waals surface area contributed by atoms with Crippen molar-refractivity contribution in [3.05, 3.63) is 47.8 Å². The van der Waals surface area contributed by atoms with E-state index < -0.39 is 0 Å². The summed E-state index contributed by atoms with van der Waals surface area (Å²) < 4.78 is 6.72. The van der Waals surface area contributed by atoms with Crippen LogP contribution < -0.4 is 11.1 Å². The molecule has 0 saturated carbocycles. The molecule has 21 heavy (non-hydrogen) atoms. The number of benzene rings is 1. The van der Waals surface area contributed by atoms with E-state index in [1.807, 2.05) is 18.2 Å². The molecule has 1 heterocycles. The summed E-state index contributed by atoms with van der Waals surface area (Å²) in [6.45, 7) is 1.74. The van der Waals surface area contributed by atoms with Crippen molar-refractivity contribution in [3.63, 3.8) is 0 Å². The van der Waals surface area contributed by atoms with Crippen molar-refractivity contribution >= 4 is 11.6 Å². The van der Waals surface area contributed by atoms with Crippen LogP contribution in [0.2, 0.25) is 0 Å². The summed E-state index contributed by atoms with van der Waals surface area (Å²) in [5.74, 6) is -0.148. The number of methoxy groups -OCH3 is 1. The second-order valence-corrected chi connectivity index (χ2v) is 4.63. The van der Waals surface area contributed by atoms with Gasteiger partial charge in [0.05, 0.1) is 25.0 Å². The normalized spacial score (nSPS) is 10.6. The predicted molar refractivity (Wildman–Crippen MR) is 81.3 cm³/mol. The number of ether oxygens (including phenoxy) is 1. The number of anilines is 1. The average molecular weight is 288 g/mol. The summed E-state index contributed by atoms with van der Waals surface area (Å²) in [6, 6.07) is 7.47. The fraction of sp³-hybridized carbons (Fsp3) is 0.333. The Labute approximate surface area is 123 Å². The molecule has 112 valence electrons. The number of hydrogen-bond donors (Lipinski definition) is 2. The molecule has 2 rings (SSSR count). The van der Waals surface area contributed by atoms with Crippen LogP contribution >= 0.6 is 0 Å². The van der Waals surface area contributed by atoms with Crippen molar-refractivity contribution in [2.24, 2.45) is 5.73 Å². The SMILES string of the molecule is COCCn1cc(NC(=O)c2ccccc2CCN)cn1. The molecule has 0 radical (unpaired) electrons. The maximum atomic E-state index is 12.3. The van der Waals surface area contributed by atoms with Crippen LogP contribution in [0.15, 0.2) is 36.7 Å². The summed E-state index contributed by atoms with van der Waals surface area (Å²) in [4.78, 5) is 12.3. The molecule has 1 aromatic carbocycles. The summed E-state index contributed by atoms with van der Waals surface area (Å²) in [5, 5.41) is 7.01. The number of nitrogens with one attached hydrogen (secondary N) is 1. The molecule has 2 aromatic rings. The molecule has 0 atom stereocenters. The number of amides is 1. The minimum absolute atomic E-state index is 0.148. The van der Waals surface area contributed by atoms with E-state index in [1.165, 1.54) is 0 Å². The van der Waals surface area contributed by atoms with Gasteiger partial charge in [0, 0.05) is 18.9 Å². The summed E-state index contributed by atoms with van der Waals surface area (Å²) in [6.07, 6.45) is 4.08. The Balaban J connectivity index is 2.05. The molecule has 6 nitrogen and oxygen atoms in total. The van der Waals surface area contributed by atoms with Crippen LogP contribution in [0.5, 0.6) is 0 Å². The highest BCUT2D eigenvalue weighted by molar-refractivity contribution is 6.05. The summed E-state index contributed by atoms with van der Waals surface area (Å²) in [7, 11) is 1.64. The fourth-order valence-electron chi connectivity index (χ4n) is 2.05. The lowest BCUT2D eigenvalue weighted by Gasteiger charge is -2.08. The number of nitrogens with two attached hydrogens (primary N) is 1. The summed E-state index contributed by atoms with van der Waals surface area (Å²) >= 11 is 0. The topological polar surface area (TPSA) is 82.2 Å². The van der Waals surface area contributed by atoms with Crippen LogP contribution in [0, 0.1) is 0 Å². The molecule has 0 spiro atoms. The maximum Gasteiger partial charge on any atom is 0.256 e. The van der Waals surface area contributed by atoms with E-state index in [1.54, 1.807) is 30.3 Å². The number of rotatable bonds is 7. The third-order valence-corrected chi connectivity index (χ3v) is 3.09. The van der Waals surface area contributed by atoms with Gasteiger partial charge < -0.3 is 15.8 Å².